The van der Waals surface area contributed by atoms with E-state index in [2.05, 4.69) is 15.9 Å². The molecule has 0 spiro atoms. The molecule has 0 saturated carbocycles. The van der Waals surface area contributed by atoms with E-state index in [-0.39, 0.29) is 10.0 Å². The molecule has 0 atom stereocenters. The monoisotopic (exact) mass is 427 g/mol. The van der Waals surface area contributed by atoms with Crippen molar-refractivity contribution < 1.29 is 21.6 Å². The summed E-state index contributed by atoms with van der Waals surface area (Å²) >= 11 is 14.7. The lowest BCUT2D eigenvalue weighted by molar-refractivity contribution is -0.138. The van der Waals surface area contributed by atoms with Crippen molar-refractivity contribution in [3.63, 3.8) is 0 Å². The molecule has 10 heteroatoms. The van der Waals surface area contributed by atoms with Crippen LogP contribution in [0.4, 0.5) is 13.2 Å². The van der Waals surface area contributed by atoms with Crippen molar-refractivity contribution >= 4 is 49.2 Å². The zero-order chi connectivity index (χ0) is 16.6. The molecule has 0 fully saturated rings. The topological polar surface area (TPSA) is 37.4 Å². The van der Waals surface area contributed by atoms with Crippen LogP contribution in [0.5, 0.6) is 0 Å². The van der Waals surface area contributed by atoms with Crippen molar-refractivity contribution in [3.05, 3.63) is 26.7 Å². The first-order valence-corrected chi connectivity index (χ1v) is 8.58. The molecular weight excluding hydrogens is 418 g/mol. The highest BCUT2D eigenvalue weighted by Gasteiger charge is 2.40. The standard InChI is InChI=1S/C11H11BrCl2F3NO2S/c1-6(2)18(5-11(15,16)17)21(19,20)10-8(13)3-7(12)4-9(10)14/h3-4,6H,5H2,1-2H3. The molecule has 0 aromatic heterocycles. The van der Waals surface area contributed by atoms with Crippen molar-refractivity contribution in [2.75, 3.05) is 6.54 Å². The second kappa shape index (κ2) is 6.62. The molecule has 0 N–H and O–H groups in total. The molecule has 0 radical (unpaired) electrons. The summed E-state index contributed by atoms with van der Waals surface area (Å²) < 4.78 is 63.4. The lowest BCUT2D eigenvalue weighted by Gasteiger charge is -2.27. The summed E-state index contributed by atoms with van der Waals surface area (Å²) in [6.45, 7) is 1.06. The fourth-order valence-electron chi connectivity index (χ4n) is 1.61. The number of hydrogen-bond donors (Lipinski definition) is 0. The Kier molecular flexibility index (Phi) is 6.00. The Hall–Kier alpha value is -0.0200. The van der Waals surface area contributed by atoms with Gasteiger partial charge in [-0.25, -0.2) is 8.42 Å². The molecule has 0 aliphatic carbocycles. The predicted molar refractivity (Wildman–Crippen MR) is 79.2 cm³/mol. The Labute approximate surface area is 139 Å². The highest BCUT2D eigenvalue weighted by molar-refractivity contribution is 9.10. The molecule has 1 aromatic carbocycles. The minimum absolute atomic E-state index is 0.248. The molecule has 3 nitrogen and oxygen atoms in total. The molecular formula is C11H11BrCl2F3NO2S. The maximum absolute atomic E-state index is 12.6. The number of nitrogens with zero attached hydrogens (tertiary/aromatic N) is 1. The summed E-state index contributed by atoms with van der Waals surface area (Å²) in [6, 6.07) is 1.60. The number of halogens is 6. The van der Waals surface area contributed by atoms with E-state index in [0.717, 1.165) is 0 Å². The van der Waals surface area contributed by atoms with Gasteiger partial charge in [-0.1, -0.05) is 39.1 Å². The van der Waals surface area contributed by atoms with E-state index in [1.807, 2.05) is 0 Å². The largest absolute Gasteiger partial charge is 0.402 e. The molecule has 0 bridgehead atoms. The van der Waals surface area contributed by atoms with Crippen molar-refractivity contribution in [3.8, 4) is 0 Å². The highest BCUT2D eigenvalue weighted by Crippen LogP contribution is 2.36. The van der Waals surface area contributed by atoms with Gasteiger partial charge in [0.25, 0.3) is 0 Å². The van der Waals surface area contributed by atoms with E-state index >= 15 is 0 Å². The van der Waals surface area contributed by atoms with Crippen LogP contribution in [-0.4, -0.2) is 31.5 Å². The maximum Gasteiger partial charge on any atom is 0.402 e. The Bertz CT molecular complexity index is 612. The Morgan fingerprint density at radius 3 is 2.00 bits per heavy atom. The van der Waals surface area contributed by atoms with Gasteiger partial charge in [0.2, 0.25) is 10.0 Å². The predicted octanol–water partition coefficient (Wildman–Crippen LogP) is 4.72. The van der Waals surface area contributed by atoms with Crippen LogP contribution in [0.15, 0.2) is 21.5 Å². The molecule has 1 aromatic rings. The first kappa shape index (κ1) is 19.0. The molecule has 120 valence electrons. The average molecular weight is 429 g/mol. The van der Waals surface area contributed by atoms with Crippen molar-refractivity contribution in [2.24, 2.45) is 0 Å². The second-order valence-corrected chi connectivity index (χ2v) is 8.02. The van der Waals surface area contributed by atoms with E-state index < -0.39 is 33.7 Å². The van der Waals surface area contributed by atoms with E-state index in [0.29, 0.717) is 8.78 Å². The summed E-state index contributed by atoms with van der Waals surface area (Å²) in [5, 5.41) is -0.496. The van der Waals surface area contributed by atoms with E-state index in [1.54, 1.807) is 0 Å². The van der Waals surface area contributed by atoms with E-state index in [9.17, 15) is 21.6 Å². The molecule has 0 saturated heterocycles. The fraction of sp³-hybridized carbons (Fsp3) is 0.455. The van der Waals surface area contributed by atoms with Gasteiger partial charge in [-0.2, -0.15) is 17.5 Å². The van der Waals surface area contributed by atoms with Crippen LogP contribution in [0.2, 0.25) is 10.0 Å². The van der Waals surface area contributed by atoms with Gasteiger partial charge in [0.1, 0.15) is 11.4 Å². The van der Waals surface area contributed by atoms with Crippen LogP contribution >= 0.6 is 39.1 Å². The summed E-state index contributed by atoms with van der Waals surface area (Å²) in [7, 11) is -4.48. The van der Waals surface area contributed by atoms with Crippen molar-refractivity contribution in [1.29, 1.82) is 0 Å². The van der Waals surface area contributed by atoms with Crippen LogP contribution in [0.3, 0.4) is 0 Å². The van der Waals surface area contributed by atoms with Gasteiger partial charge >= 0.3 is 6.18 Å². The Balaban J connectivity index is 3.44. The summed E-state index contributed by atoms with van der Waals surface area (Å²) in [5.74, 6) is 0. The number of rotatable bonds is 4. The Morgan fingerprint density at radius 1 is 1.24 bits per heavy atom. The SMILES string of the molecule is CC(C)N(CC(F)(F)F)S(=O)(=O)c1c(Cl)cc(Br)cc1Cl. The zero-order valence-electron chi connectivity index (χ0n) is 10.9. The Morgan fingerprint density at radius 2 is 1.67 bits per heavy atom. The summed E-state index contributed by atoms with van der Waals surface area (Å²) in [4.78, 5) is -0.535. The quantitative estimate of drug-likeness (QED) is 0.695. The van der Waals surface area contributed by atoms with Crippen LogP contribution in [0, 0.1) is 0 Å². The summed E-state index contributed by atoms with van der Waals surface area (Å²) in [6.07, 6.45) is -4.67. The molecule has 21 heavy (non-hydrogen) atoms. The van der Waals surface area contributed by atoms with Gasteiger partial charge in [-0.05, 0) is 26.0 Å². The smallest absolute Gasteiger partial charge is 0.207 e. The van der Waals surface area contributed by atoms with Gasteiger partial charge in [0.15, 0.2) is 0 Å². The van der Waals surface area contributed by atoms with Crippen LogP contribution in [0.25, 0.3) is 0 Å². The van der Waals surface area contributed by atoms with Gasteiger partial charge in [0.05, 0.1) is 10.0 Å². The third-order valence-corrected chi connectivity index (χ3v) is 5.84. The first-order valence-electron chi connectivity index (χ1n) is 5.59. The lowest BCUT2D eigenvalue weighted by atomic mass is 10.4. The first-order chi connectivity index (χ1) is 9.36. The molecule has 0 unspecified atom stereocenters. The number of benzene rings is 1. The number of hydrogen-bond acceptors (Lipinski definition) is 2. The van der Waals surface area contributed by atoms with Crippen LogP contribution in [-0.2, 0) is 10.0 Å². The van der Waals surface area contributed by atoms with Crippen LogP contribution in [0.1, 0.15) is 13.8 Å². The third kappa shape index (κ3) is 4.72. The molecule has 0 heterocycles. The van der Waals surface area contributed by atoms with Crippen molar-refractivity contribution in [2.45, 2.75) is 31.0 Å². The second-order valence-electron chi connectivity index (χ2n) is 4.46. The van der Waals surface area contributed by atoms with E-state index in [1.165, 1.54) is 26.0 Å². The van der Waals surface area contributed by atoms with Gasteiger partial charge in [-0.15, -0.1) is 0 Å². The average Bonchev–Trinajstić information content (AvgIpc) is 2.21. The third-order valence-electron chi connectivity index (χ3n) is 2.44. The summed E-state index contributed by atoms with van der Waals surface area (Å²) in [5.41, 5.74) is 0. The minimum Gasteiger partial charge on any atom is -0.207 e. The molecule has 0 amide bonds. The van der Waals surface area contributed by atoms with E-state index in [4.69, 9.17) is 23.2 Å². The molecule has 0 aliphatic rings. The highest BCUT2D eigenvalue weighted by atomic mass is 79.9. The van der Waals surface area contributed by atoms with Gasteiger partial charge in [0, 0.05) is 10.5 Å². The lowest BCUT2D eigenvalue weighted by Crippen LogP contribution is -2.43. The maximum atomic E-state index is 12.6. The minimum atomic E-state index is -4.67. The zero-order valence-corrected chi connectivity index (χ0v) is 14.8. The van der Waals surface area contributed by atoms with Crippen LogP contribution < -0.4 is 0 Å². The number of alkyl halides is 3. The van der Waals surface area contributed by atoms with Gasteiger partial charge < -0.3 is 0 Å². The fourth-order valence-corrected chi connectivity index (χ4v) is 5.12. The molecule has 0 aliphatic heterocycles. The number of sulfonamides is 1. The van der Waals surface area contributed by atoms with Crippen molar-refractivity contribution in [1.82, 2.24) is 4.31 Å². The normalized spacial score (nSPS) is 13.2. The van der Waals surface area contributed by atoms with Gasteiger partial charge in [-0.3, -0.25) is 0 Å². The molecule has 1 rings (SSSR count).